The van der Waals surface area contributed by atoms with Crippen molar-refractivity contribution in [1.82, 2.24) is 24.9 Å². The van der Waals surface area contributed by atoms with E-state index in [4.69, 9.17) is 14.7 Å². The van der Waals surface area contributed by atoms with Gasteiger partial charge in [0.2, 0.25) is 0 Å². The van der Waals surface area contributed by atoms with E-state index in [0.29, 0.717) is 23.0 Å². The largest absolute Gasteiger partial charge is 0.421 e. The highest BCUT2D eigenvalue weighted by molar-refractivity contribution is 6.06. The van der Waals surface area contributed by atoms with Crippen molar-refractivity contribution in [2.24, 2.45) is 11.3 Å². The number of nitrogens with one attached hydrogen (secondary N) is 1. The molecule has 1 N–H and O–H groups in total. The summed E-state index contributed by atoms with van der Waals surface area (Å²) in [5, 5.41) is 1.13. The van der Waals surface area contributed by atoms with Crippen molar-refractivity contribution >= 4 is 16.5 Å². The molecule has 0 amide bonds. The quantitative estimate of drug-likeness (QED) is 0.427. The van der Waals surface area contributed by atoms with Crippen molar-refractivity contribution < 1.29 is 4.74 Å². The molecule has 0 bridgehead atoms. The molecule has 1 saturated carbocycles. The molecule has 2 aromatic rings. The van der Waals surface area contributed by atoms with E-state index in [1.54, 1.807) is 12.4 Å². The van der Waals surface area contributed by atoms with Crippen LogP contribution in [0, 0.1) is 18.3 Å². The molecule has 4 aliphatic rings. The van der Waals surface area contributed by atoms with Crippen LogP contribution in [0.25, 0.3) is 27.6 Å². The Balaban J connectivity index is 1.53. The van der Waals surface area contributed by atoms with Crippen LogP contribution in [0.2, 0.25) is 0 Å². The zero-order chi connectivity index (χ0) is 21.9. The second kappa shape index (κ2) is 7.12. The standard InChI is InChI=1S/C26H27N5O/c1-4-21-20-11-22-23(19(20)7-10-27-21)24(17-6-5-15(2)26(12-17)8-9-26)31-25(30-22)32-18-13-28-16(3)29-14-18/h6-7,10-11,13-15,27H,4-5,8-9,12H2,1-3H3. The molecule has 0 aromatic carbocycles. The van der Waals surface area contributed by atoms with Gasteiger partial charge in [0, 0.05) is 22.8 Å². The van der Waals surface area contributed by atoms with Gasteiger partial charge in [-0.2, -0.15) is 9.97 Å². The van der Waals surface area contributed by atoms with E-state index in [1.165, 1.54) is 35.2 Å². The monoisotopic (exact) mass is 425 g/mol. The molecule has 162 valence electrons. The highest BCUT2D eigenvalue weighted by atomic mass is 16.5. The van der Waals surface area contributed by atoms with Crippen molar-refractivity contribution in [3.8, 4) is 22.9 Å². The molecule has 6 nitrogen and oxygen atoms in total. The maximum Gasteiger partial charge on any atom is 0.323 e. The van der Waals surface area contributed by atoms with Crippen molar-refractivity contribution in [3.05, 3.63) is 54.0 Å². The number of hydrogen-bond donors (Lipinski definition) is 1. The number of hydrogen-bond acceptors (Lipinski definition) is 5. The highest BCUT2D eigenvalue weighted by Crippen LogP contribution is 2.61. The Hall–Kier alpha value is -3.28. The third-order valence-corrected chi connectivity index (χ3v) is 7.41. The molecular formula is C26H27N5O. The van der Waals surface area contributed by atoms with Gasteiger partial charge in [0.25, 0.3) is 0 Å². The van der Waals surface area contributed by atoms with E-state index >= 15 is 0 Å². The smallest absolute Gasteiger partial charge is 0.323 e. The lowest BCUT2D eigenvalue weighted by atomic mass is 9.76. The molecule has 1 fully saturated rings. The molecule has 1 aliphatic heterocycles. The van der Waals surface area contributed by atoms with Gasteiger partial charge in [-0.1, -0.05) is 19.9 Å². The third kappa shape index (κ3) is 3.08. The summed E-state index contributed by atoms with van der Waals surface area (Å²) in [5.41, 5.74) is 7.36. The van der Waals surface area contributed by atoms with E-state index in [2.05, 4.69) is 47.0 Å². The molecule has 0 saturated heterocycles. The summed E-state index contributed by atoms with van der Waals surface area (Å²) in [5.74, 6) is 1.99. The van der Waals surface area contributed by atoms with Crippen LogP contribution in [-0.4, -0.2) is 24.9 Å². The van der Waals surface area contributed by atoms with Crippen LogP contribution >= 0.6 is 0 Å². The van der Waals surface area contributed by atoms with Crippen LogP contribution in [-0.2, 0) is 6.42 Å². The number of H-pyrrole nitrogens is 1. The Bertz CT molecular complexity index is 1320. The first-order chi connectivity index (χ1) is 15.6. The maximum absolute atomic E-state index is 6.03. The minimum absolute atomic E-state index is 0.349. The fourth-order valence-electron chi connectivity index (χ4n) is 5.22. The van der Waals surface area contributed by atoms with Crippen LogP contribution in [0.1, 0.15) is 56.7 Å². The van der Waals surface area contributed by atoms with Crippen LogP contribution in [0.5, 0.6) is 11.8 Å². The van der Waals surface area contributed by atoms with Crippen molar-refractivity contribution in [2.45, 2.75) is 52.9 Å². The topological polar surface area (TPSA) is 76.6 Å². The Kier molecular flexibility index (Phi) is 4.32. The van der Waals surface area contributed by atoms with Crippen molar-refractivity contribution in [2.75, 3.05) is 0 Å². The molecule has 3 heterocycles. The molecule has 1 unspecified atom stereocenters. The van der Waals surface area contributed by atoms with Gasteiger partial charge in [-0.25, -0.2) is 9.97 Å². The van der Waals surface area contributed by atoms with Gasteiger partial charge in [-0.15, -0.1) is 0 Å². The molecule has 1 spiro atoms. The Morgan fingerprint density at radius 1 is 1.16 bits per heavy atom. The fourth-order valence-corrected chi connectivity index (χ4v) is 5.22. The molecule has 3 aliphatic carbocycles. The van der Waals surface area contributed by atoms with Crippen molar-refractivity contribution in [1.29, 1.82) is 0 Å². The summed E-state index contributed by atoms with van der Waals surface area (Å²) in [6, 6.07) is 4.67. The first-order valence-electron chi connectivity index (χ1n) is 11.5. The zero-order valence-corrected chi connectivity index (χ0v) is 18.8. The third-order valence-electron chi connectivity index (χ3n) is 7.41. The van der Waals surface area contributed by atoms with Crippen LogP contribution in [0.4, 0.5) is 0 Å². The summed E-state index contributed by atoms with van der Waals surface area (Å²) < 4.78 is 6.03. The predicted octanol–water partition coefficient (Wildman–Crippen LogP) is 6.11. The number of rotatable bonds is 4. The lowest BCUT2D eigenvalue weighted by Crippen LogP contribution is -2.17. The molecule has 6 heteroatoms. The second-order valence-corrected chi connectivity index (χ2v) is 9.37. The SMILES string of the molecule is CCc1[nH]ccc2c3c(C4=CCC(C)C5(CC5)C4)nc(Oc4cnc(C)nc4)nc3cc1-2. The van der Waals surface area contributed by atoms with E-state index < -0.39 is 0 Å². The average Bonchev–Trinajstić information content (AvgIpc) is 3.47. The van der Waals surface area contributed by atoms with E-state index in [9.17, 15) is 0 Å². The van der Waals surface area contributed by atoms with Gasteiger partial charge in [-0.3, -0.25) is 0 Å². The fraction of sp³-hybridized carbons (Fsp3) is 0.385. The summed E-state index contributed by atoms with van der Waals surface area (Å²) in [7, 11) is 0. The van der Waals surface area contributed by atoms with E-state index in [-0.39, 0.29) is 0 Å². The Labute approximate surface area is 187 Å². The number of nitrogens with zero attached hydrogens (tertiary/aromatic N) is 4. The van der Waals surface area contributed by atoms with Gasteiger partial charge < -0.3 is 9.72 Å². The number of aromatic amines is 1. The summed E-state index contributed by atoms with van der Waals surface area (Å²) >= 11 is 0. The molecule has 2 aromatic heterocycles. The minimum atomic E-state index is 0.349. The average molecular weight is 426 g/mol. The number of allylic oxidation sites excluding steroid dienone is 2. The number of pyridine rings is 1. The normalized spacial score (nSPS) is 19.5. The highest BCUT2D eigenvalue weighted by Gasteiger charge is 2.49. The van der Waals surface area contributed by atoms with Gasteiger partial charge in [0.1, 0.15) is 5.82 Å². The second-order valence-electron chi connectivity index (χ2n) is 9.37. The number of aromatic nitrogens is 5. The lowest BCUT2D eigenvalue weighted by molar-refractivity contribution is 0.330. The molecule has 6 rings (SSSR count). The van der Waals surface area contributed by atoms with Crippen molar-refractivity contribution in [3.63, 3.8) is 0 Å². The number of fused-ring (bicyclic) bond motifs is 3. The number of aryl methyl sites for hydroxylation is 2. The first kappa shape index (κ1) is 19.4. The molecule has 1 atom stereocenters. The van der Waals surface area contributed by atoms with Gasteiger partial charge in [0.05, 0.1) is 23.6 Å². The minimum Gasteiger partial charge on any atom is -0.421 e. The predicted molar refractivity (Wildman–Crippen MR) is 125 cm³/mol. The lowest BCUT2D eigenvalue weighted by Gasteiger charge is -2.29. The van der Waals surface area contributed by atoms with Gasteiger partial charge >= 0.3 is 6.01 Å². The van der Waals surface area contributed by atoms with Gasteiger partial charge in [0.15, 0.2) is 5.75 Å². The number of ether oxygens (including phenoxy) is 1. The van der Waals surface area contributed by atoms with Crippen LogP contribution in [0.15, 0.2) is 36.8 Å². The molecule has 0 radical (unpaired) electrons. The van der Waals surface area contributed by atoms with Crippen LogP contribution < -0.4 is 4.74 Å². The summed E-state index contributed by atoms with van der Waals surface area (Å²) in [6.07, 6.45) is 13.5. The van der Waals surface area contributed by atoms with E-state index in [1.807, 2.05) is 13.1 Å². The summed E-state index contributed by atoms with van der Waals surface area (Å²) in [4.78, 5) is 21.6. The Morgan fingerprint density at radius 2 is 1.97 bits per heavy atom. The molecule has 32 heavy (non-hydrogen) atoms. The first-order valence-corrected chi connectivity index (χ1v) is 11.5. The van der Waals surface area contributed by atoms with E-state index in [0.717, 1.165) is 41.8 Å². The summed E-state index contributed by atoms with van der Waals surface area (Å²) in [6.45, 7) is 6.42. The van der Waals surface area contributed by atoms with Gasteiger partial charge in [-0.05, 0) is 73.6 Å². The van der Waals surface area contributed by atoms with Crippen LogP contribution in [0.3, 0.4) is 0 Å². The Morgan fingerprint density at radius 3 is 2.72 bits per heavy atom. The maximum atomic E-state index is 6.03. The molecular weight excluding hydrogens is 398 g/mol. The zero-order valence-electron chi connectivity index (χ0n) is 18.8.